The largest absolute Gasteiger partial charge is 0.416 e. The summed E-state index contributed by atoms with van der Waals surface area (Å²) in [5, 5.41) is 2.94. The number of nitrogens with zero attached hydrogens (tertiary/aromatic N) is 3. The molecule has 1 fully saturated rings. The minimum Gasteiger partial charge on any atom is -0.352 e. The van der Waals surface area contributed by atoms with Crippen LogP contribution in [0.4, 0.5) is 13.2 Å². The van der Waals surface area contributed by atoms with Crippen molar-refractivity contribution in [3.8, 4) is 0 Å². The molecule has 1 N–H and O–H groups in total. The standard InChI is InChI=1S/C28H27F3N4O4S/c29-28(30,31)21-9-6-10-23(17-21)40(38,39)35-25-12-5-4-11-24(25)34(27(35)37)19-26(36)32-22-13-15-33(16-14-22)18-20-7-2-1-3-8-20/h1-12,17,22H,13-16,18-19H2,(H,32,36). The minimum atomic E-state index is -4.76. The summed E-state index contributed by atoms with van der Waals surface area (Å²) in [5.74, 6) is -0.456. The van der Waals surface area contributed by atoms with Gasteiger partial charge in [-0.15, -0.1) is 0 Å². The van der Waals surface area contributed by atoms with Gasteiger partial charge in [0.1, 0.15) is 6.54 Å². The summed E-state index contributed by atoms with van der Waals surface area (Å²) in [6, 6.07) is 19.1. The van der Waals surface area contributed by atoms with Crippen LogP contribution in [0, 0.1) is 0 Å². The molecule has 210 valence electrons. The first-order valence-electron chi connectivity index (χ1n) is 12.7. The molecule has 4 aromatic rings. The molecule has 12 heteroatoms. The predicted octanol–water partition coefficient (Wildman–Crippen LogP) is 3.84. The zero-order valence-corrected chi connectivity index (χ0v) is 22.2. The number of imidazole rings is 1. The van der Waals surface area contributed by atoms with Crippen LogP contribution < -0.4 is 11.0 Å². The highest BCUT2D eigenvalue weighted by molar-refractivity contribution is 7.90. The number of piperidine rings is 1. The van der Waals surface area contributed by atoms with E-state index in [1.807, 2.05) is 18.2 Å². The fourth-order valence-corrected chi connectivity index (χ4v) is 6.45. The quantitative estimate of drug-likeness (QED) is 0.363. The Kier molecular flexibility index (Phi) is 7.56. The van der Waals surface area contributed by atoms with Crippen LogP contribution in [0.15, 0.2) is 88.6 Å². The Hall–Kier alpha value is -3.90. The smallest absolute Gasteiger partial charge is 0.352 e. The molecule has 0 bridgehead atoms. The van der Waals surface area contributed by atoms with Crippen molar-refractivity contribution in [2.24, 2.45) is 0 Å². The van der Waals surface area contributed by atoms with Gasteiger partial charge in [0.05, 0.1) is 21.5 Å². The van der Waals surface area contributed by atoms with Crippen molar-refractivity contribution in [1.82, 2.24) is 18.8 Å². The summed E-state index contributed by atoms with van der Waals surface area (Å²) < 4.78 is 68.0. The van der Waals surface area contributed by atoms with Crippen LogP contribution in [-0.2, 0) is 34.1 Å². The molecular formula is C28H27F3N4O4S. The van der Waals surface area contributed by atoms with Gasteiger partial charge in [-0.1, -0.05) is 48.5 Å². The Morgan fingerprint density at radius 3 is 2.23 bits per heavy atom. The summed E-state index contributed by atoms with van der Waals surface area (Å²) in [4.78, 5) is 28.0. The molecule has 40 heavy (non-hydrogen) atoms. The van der Waals surface area contributed by atoms with Crippen LogP contribution in [0.5, 0.6) is 0 Å². The SMILES string of the molecule is O=C(Cn1c(=O)n(S(=O)(=O)c2cccc(C(F)(F)F)c2)c2ccccc21)NC1CCN(Cc2ccccc2)CC1. The van der Waals surface area contributed by atoms with E-state index in [4.69, 9.17) is 0 Å². The van der Waals surface area contributed by atoms with Gasteiger partial charge in [0.25, 0.3) is 10.0 Å². The molecule has 1 aliphatic heterocycles. The van der Waals surface area contributed by atoms with E-state index in [1.165, 1.54) is 23.8 Å². The van der Waals surface area contributed by atoms with Crippen molar-refractivity contribution in [2.75, 3.05) is 13.1 Å². The zero-order valence-electron chi connectivity index (χ0n) is 21.3. The van der Waals surface area contributed by atoms with Crippen LogP contribution in [0.25, 0.3) is 11.0 Å². The summed E-state index contributed by atoms with van der Waals surface area (Å²) in [6.45, 7) is 1.95. The lowest BCUT2D eigenvalue weighted by molar-refractivity contribution is -0.137. The molecule has 0 radical (unpaired) electrons. The normalized spacial score (nSPS) is 15.4. The first-order valence-corrected chi connectivity index (χ1v) is 14.2. The highest BCUT2D eigenvalue weighted by Crippen LogP contribution is 2.31. The van der Waals surface area contributed by atoms with E-state index in [-0.39, 0.29) is 17.1 Å². The maximum atomic E-state index is 13.4. The summed E-state index contributed by atoms with van der Waals surface area (Å²) in [6.07, 6.45) is -3.32. The lowest BCUT2D eigenvalue weighted by Crippen LogP contribution is -2.45. The highest BCUT2D eigenvalue weighted by atomic mass is 32.2. The molecule has 2 heterocycles. The molecule has 3 aromatic carbocycles. The second-order valence-corrected chi connectivity index (χ2v) is 11.5. The van der Waals surface area contributed by atoms with E-state index in [9.17, 15) is 31.2 Å². The van der Waals surface area contributed by atoms with E-state index in [1.54, 1.807) is 6.07 Å². The van der Waals surface area contributed by atoms with Crippen molar-refractivity contribution in [3.05, 3.63) is 100 Å². The van der Waals surface area contributed by atoms with Gasteiger partial charge < -0.3 is 5.32 Å². The molecule has 0 aliphatic carbocycles. The zero-order chi connectivity index (χ0) is 28.5. The first kappa shape index (κ1) is 27.7. The topological polar surface area (TPSA) is 93.4 Å². The predicted molar refractivity (Wildman–Crippen MR) is 143 cm³/mol. The monoisotopic (exact) mass is 572 g/mol. The average molecular weight is 573 g/mol. The van der Waals surface area contributed by atoms with Crippen molar-refractivity contribution < 1.29 is 26.4 Å². The second-order valence-electron chi connectivity index (χ2n) is 9.76. The number of carbonyl (C=O) groups excluding carboxylic acids is 1. The fourth-order valence-electron chi connectivity index (χ4n) is 5.00. The average Bonchev–Trinajstić information content (AvgIpc) is 3.21. The van der Waals surface area contributed by atoms with E-state index >= 15 is 0 Å². The third kappa shape index (κ3) is 5.68. The Bertz CT molecular complexity index is 1690. The van der Waals surface area contributed by atoms with E-state index in [0.717, 1.165) is 55.2 Å². The van der Waals surface area contributed by atoms with Gasteiger partial charge >= 0.3 is 11.9 Å². The minimum absolute atomic E-state index is 0.0352. The van der Waals surface area contributed by atoms with Crippen LogP contribution >= 0.6 is 0 Å². The molecule has 0 atom stereocenters. The number of carbonyl (C=O) groups is 1. The number of halogens is 3. The summed E-state index contributed by atoms with van der Waals surface area (Å²) in [7, 11) is -4.71. The van der Waals surface area contributed by atoms with Gasteiger partial charge in [0.15, 0.2) is 0 Å². The number of likely N-dealkylation sites (tertiary alicyclic amines) is 1. The third-order valence-corrected chi connectivity index (χ3v) is 8.68. The van der Waals surface area contributed by atoms with Crippen LogP contribution in [-0.4, -0.2) is 46.9 Å². The molecule has 5 rings (SSSR count). The van der Waals surface area contributed by atoms with Crippen molar-refractivity contribution in [3.63, 3.8) is 0 Å². The van der Waals surface area contributed by atoms with Crippen molar-refractivity contribution >= 4 is 27.0 Å². The number of alkyl halides is 3. The number of fused-ring (bicyclic) bond motifs is 1. The maximum Gasteiger partial charge on any atom is 0.416 e. The number of hydrogen-bond acceptors (Lipinski definition) is 5. The first-order chi connectivity index (χ1) is 19.0. The lowest BCUT2D eigenvalue weighted by atomic mass is 10.0. The molecule has 0 spiro atoms. The van der Waals surface area contributed by atoms with Gasteiger partial charge in [-0.3, -0.25) is 14.3 Å². The van der Waals surface area contributed by atoms with E-state index in [0.29, 0.717) is 10.0 Å². The maximum absolute atomic E-state index is 13.4. The van der Waals surface area contributed by atoms with Gasteiger partial charge in [-0.05, 0) is 48.7 Å². The number of nitrogens with one attached hydrogen (secondary N) is 1. The molecule has 1 saturated heterocycles. The molecule has 1 amide bonds. The third-order valence-electron chi connectivity index (χ3n) is 7.00. The van der Waals surface area contributed by atoms with Gasteiger partial charge in [-0.2, -0.15) is 17.1 Å². The fraction of sp³-hybridized carbons (Fsp3) is 0.286. The molecule has 8 nitrogen and oxygen atoms in total. The van der Waals surface area contributed by atoms with Crippen molar-refractivity contribution in [2.45, 2.75) is 43.0 Å². The number of para-hydroxylation sites is 2. The summed E-state index contributed by atoms with van der Waals surface area (Å²) >= 11 is 0. The summed E-state index contributed by atoms with van der Waals surface area (Å²) in [5.41, 5.74) is -0.838. The van der Waals surface area contributed by atoms with Gasteiger partial charge in [0.2, 0.25) is 5.91 Å². The van der Waals surface area contributed by atoms with Crippen LogP contribution in [0.3, 0.4) is 0 Å². The Morgan fingerprint density at radius 2 is 1.55 bits per heavy atom. The van der Waals surface area contributed by atoms with Crippen molar-refractivity contribution in [1.29, 1.82) is 0 Å². The second kappa shape index (κ2) is 10.9. The lowest BCUT2D eigenvalue weighted by Gasteiger charge is -2.32. The molecular weight excluding hydrogens is 545 g/mol. The number of amides is 1. The van der Waals surface area contributed by atoms with Gasteiger partial charge in [0, 0.05) is 25.7 Å². The Morgan fingerprint density at radius 1 is 0.900 bits per heavy atom. The number of aromatic nitrogens is 2. The number of rotatable bonds is 7. The van der Waals surface area contributed by atoms with Crippen LogP contribution in [0.2, 0.25) is 0 Å². The molecule has 0 saturated carbocycles. The molecule has 1 aliphatic rings. The van der Waals surface area contributed by atoms with Gasteiger partial charge in [-0.25, -0.2) is 13.2 Å². The molecule has 0 unspecified atom stereocenters. The molecule has 1 aromatic heterocycles. The van der Waals surface area contributed by atoms with Crippen LogP contribution in [0.1, 0.15) is 24.0 Å². The Labute approximate surface area is 228 Å². The number of hydrogen-bond donors (Lipinski definition) is 1. The Balaban J connectivity index is 1.34. The van der Waals surface area contributed by atoms with E-state index in [2.05, 4.69) is 22.3 Å². The number of benzene rings is 3. The highest BCUT2D eigenvalue weighted by Gasteiger charge is 2.33. The van der Waals surface area contributed by atoms with E-state index < -0.39 is 44.8 Å².